The van der Waals surface area contributed by atoms with Crippen molar-refractivity contribution in [1.82, 2.24) is 15.0 Å². The lowest BCUT2D eigenvalue weighted by molar-refractivity contribution is 0.602. The predicted molar refractivity (Wildman–Crippen MR) is 122 cm³/mol. The molecule has 0 amide bonds. The molecule has 2 aromatic heterocycles. The maximum absolute atomic E-state index is 11.7. The number of aryl methyl sites for hydroxylation is 3. The molecule has 4 rings (SSSR count). The number of thiazole rings is 1. The predicted octanol–water partition coefficient (Wildman–Crippen LogP) is 4.90. The van der Waals surface area contributed by atoms with Crippen LogP contribution in [0.25, 0.3) is 10.3 Å². The Hall–Kier alpha value is -3.04. The maximum atomic E-state index is 11.7. The molecule has 30 heavy (non-hydrogen) atoms. The highest BCUT2D eigenvalue weighted by Crippen LogP contribution is 2.33. The van der Waals surface area contributed by atoms with Gasteiger partial charge in [0.15, 0.2) is 25.6 Å². The summed E-state index contributed by atoms with van der Waals surface area (Å²) in [4.78, 5) is 14.8. The third-order valence-corrected chi connectivity index (χ3v) is 6.62. The maximum Gasteiger partial charge on any atom is 0.189 e. The Kier molecular flexibility index (Phi) is 5.17. The molecule has 154 valence electrons. The summed E-state index contributed by atoms with van der Waals surface area (Å²) in [6, 6.07) is 12.7. The van der Waals surface area contributed by atoms with Crippen molar-refractivity contribution in [3.63, 3.8) is 0 Å². The van der Waals surface area contributed by atoms with Gasteiger partial charge in [0.25, 0.3) is 0 Å². The van der Waals surface area contributed by atoms with Gasteiger partial charge in [-0.05, 0) is 56.2 Å². The summed E-state index contributed by atoms with van der Waals surface area (Å²) in [7, 11) is -3.24. The van der Waals surface area contributed by atoms with Crippen molar-refractivity contribution in [2.24, 2.45) is 0 Å². The summed E-state index contributed by atoms with van der Waals surface area (Å²) in [5.41, 5.74) is 4.69. The van der Waals surface area contributed by atoms with E-state index in [1.54, 1.807) is 24.3 Å². The van der Waals surface area contributed by atoms with Gasteiger partial charge in [0.2, 0.25) is 0 Å². The Bertz CT molecular complexity index is 1330. The fourth-order valence-corrected chi connectivity index (χ4v) is 4.63. The van der Waals surface area contributed by atoms with Crippen molar-refractivity contribution in [2.45, 2.75) is 25.7 Å². The van der Waals surface area contributed by atoms with Gasteiger partial charge >= 0.3 is 0 Å². The minimum Gasteiger partial charge on any atom is -0.338 e. The minimum absolute atomic E-state index is 0.269. The standard InChI is InChI=1S/C21H21N5O2S2/c1-12-6-5-7-13(2)17(12)25-21-26-18-19(22-14(3)23-20(18)29-21)24-15-8-10-16(11-9-15)30(4,27)28/h5-11H,1-4H3,(H,25,26)(H,22,23,24). The second-order valence-corrected chi connectivity index (χ2v) is 10.1. The first-order valence-corrected chi connectivity index (χ1v) is 12.0. The van der Waals surface area contributed by atoms with Crippen molar-refractivity contribution < 1.29 is 8.42 Å². The zero-order valence-corrected chi connectivity index (χ0v) is 18.6. The third-order valence-electron chi connectivity index (χ3n) is 4.63. The highest BCUT2D eigenvalue weighted by atomic mass is 32.2. The Morgan fingerprint density at radius 3 is 2.17 bits per heavy atom. The summed E-state index contributed by atoms with van der Waals surface area (Å²) in [6.45, 7) is 5.94. The number of benzene rings is 2. The second-order valence-electron chi connectivity index (χ2n) is 7.11. The monoisotopic (exact) mass is 439 g/mol. The van der Waals surface area contributed by atoms with E-state index in [1.807, 2.05) is 13.0 Å². The molecule has 2 aromatic carbocycles. The van der Waals surface area contributed by atoms with Gasteiger partial charge in [-0.1, -0.05) is 29.5 Å². The van der Waals surface area contributed by atoms with Crippen molar-refractivity contribution in [3.8, 4) is 0 Å². The number of fused-ring (bicyclic) bond motifs is 1. The van der Waals surface area contributed by atoms with E-state index in [0.717, 1.165) is 32.5 Å². The Labute approximate surface area is 179 Å². The van der Waals surface area contributed by atoms with E-state index in [9.17, 15) is 8.42 Å². The first-order chi connectivity index (χ1) is 14.2. The number of hydrogen-bond acceptors (Lipinski definition) is 8. The van der Waals surface area contributed by atoms with E-state index in [4.69, 9.17) is 4.98 Å². The van der Waals surface area contributed by atoms with Crippen LogP contribution in [0.2, 0.25) is 0 Å². The number of nitrogens with zero attached hydrogens (tertiary/aromatic N) is 3. The average Bonchev–Trinajstić information content (AvgIpc) is 3.07. The largest absolute Gasteiger partial charge is 0.338 e. The van der Waals surface area contributed by atoms with Crippen LogP contribution in [0.3, 0.4) is 0 Å². The molecule has 0 saturated heterocycles. The van der Waals surface area contributed by atoms with Gasteiger partial charge in [0, 0.05) is 17.6 Å². The molecule has 0 fully saturated rings. The van der Waals surface area contributed by atoms with E-state index < -0.39 is 9.84 Å². The lowest BCUT2D eigenvalue weighted by Gasteiger charge is -2.09. The average molecular weight is 440 g/mol. The van der Waals surface area contributed by atoms with Gasteiger partial charge in [-0.25, -0.2) is 23.4 Å². The normalized spacial score (nSPS) is 11.6. The fraction of sp³-hybridized carbons (Fsp3) is 0.190. The first kappa shape index (κ1) is 20.2. The van der Waals surface area contributed by atoms with E-state index in [1.165, 1.54) is 17.6 Å². The number of hydrogen-bond donors (Lipinski definition) is 2. The highest BCUT2D eigenvalue weighted by Gasteiger charge is 2.14. The molecule has 0 aliphatic rings. The van der Waals surface area contributed by atoms with E-state index in [0.29, 0.717) is 17.2 Å². The SMILES string of the molecule is Cc1nc(Nc2ccc(S(C)(=O)=O)cc2)c2nc(Nc3c(C)cccc3C)sc2n1. The molecular weight excluding hydrogens is 418 g/mol. The van der Waals surface area contributed by atoms with E-state index in [-0.39, 0.29) is 4.90 Å². The van der Waals surface area contributed by atoms with Crippen molar-refractivity contribution in [1.29, 1.82) is 0 Å². The van der Waals surface area contributed by atoms with E-state index in [2.05, 4.69) is 46.6 Å². The van der Waals surface area contributed by atoms with Gasteiger partial charge in [0.1, 0.15) is 11.3 Å². The Morgan fingerprint density at radius 2 is 1.53 bits per heavy atom. The molecular formula is C21H21N5O2S2. The molecule has 0 atom stereocenters. The third kappa shape index (κ3) is 4.12. The fourth-order valence-electron chi connectivity index (χ4n) is 3.11. The summed E-state index contributed by atoms with van der Waals surface area (Å²) >= 11 is 1.46. The summed E-state index contributed by atoms with van der Waals surface area (Å²) in [5, 5.41) is 7.38. The van der Waals surface area contributed by atoms with Crippen molar-refractivity contribution in [3.05, 3.63) is 59.4 Å². The van der Waals surface area contributed by atoms with Gasteiger partial charge < -0.3 is 10.6 Å². The van der Waals surface area contributed by atoms with Gasteiger partial charge in [-0.15, -0.1) is 0 Å². The molecule has 9 heteroatoms. The molecule has 0 saturated carbocycles. The summed E-state index contributed by atoms with van der Waals surface area (Å²) < 4.78 is 23.3. The second kappa shape index (κ2) is 7.66. The van der Waals surface area contributed by atoms with E-state index >= 15 is 0 Å². The molecule has 2 N–H and O–H groups in total. The number of rotatable bonds is 5. The lowest BCUT2D eigenvalue weighted by atomic mass is 10.1. The van der Waals surface area contributed by atoms with Crippen LogP contribution in [0.15, 0.2) is 47.4 Å². The van der Waals surface area contributed by atoms with Crippen LogP contribution >= 0.6 is 11.3 Å². The van der Waals surface area contributed by atoms with Crippen LogP contribution in [0.5, 0.6) is 0 Å². The van der Waals surface area contributed by atoms with Crippen molar-refractivity contribution >= 4 is 53.8 Å². The molecule has 0 spiro atoms. The minimum atomic E-state index is -3.24. The van der Waals surface area contributed by atoms with Gasteiger partial charge in [-0.2, -0.15) is 0 Å². The van der Waals surface area contributed by atoms with Crippen LogP contribution in [0.4, 0.5) is 22.3 Å². The van der Waals surface area contributed by atoms with Crippen LogP contribution in [-0.2, 0) is 9.84 Å². The summed E-state index contributed by atoms with van der Waals surface area (Å²) in [5.74, 6) is 1.20. The molecule has 2 heterocycles. The Morgan fingerprint density at radius 1 is 0.867 bits per heavy atom. The molecule has 0 aliphatic heterocycles. The molecule has 7 nitrogen and oxygen atoms in total. The van der Waals surface area contributed by atoms with Crippen molar-refractivity contribution in [2.75, 3.05) is 16.9 Å². The number of nitrogens with one attached hydrogen (secondary N) is 2. The first-order valence-electron chi connectivity index (χ1n) is 9.26. The number of sulfone groups is 1. The topological polar surface area (TPSA) is 96.9 Å². The molecule has 0 aliphatic carbocycles. The smallest absolute Gasteiger partial charge is 0.189 e. The molecule has 4 aromatic rings. The number of anilines is 4. The number of aromatic nitrogens is 3. The van der Waals surface area contributed by atoms with Crippen LogP contribution in [0, 0.1) is 20.8 Å². The summed E-state index contributed by atoms with van der Waals surface area (Å²) in [6.07, 6.45) is 1.19. The zero-order chi connectivity index (χ0) is 21.5. The van der Waals surface area contributed by atoms with Gasteiger partial charge in [0.05, 0.1) is 4.90 Å². The van der Waals surface area contributed by atoms with Gasteiger partial charge in [-0.3, -0.25) is 0 Å². The quantitative estimate of drug-likeness (QED) is 0.456. The van der Waals surface area contributed by atoms with Crippen LogP contribution < -0.4 is 10.6 Å². The Balaban J connectivity index is 1.69. The lowest BCUT2D eigenvalue weighted by Crippen LogP contribution is -2.00. The molecule has 0 unspecified atom stereocenters. The van der Waals surface area contributed by atoms with Crippen LogP contribution in [-0.4, -0.2) is 29.6 Å². The molecule has 0 bridgehead atoms. The highest BCUT2D eigenvalue weighted by molar-refractivity contribution is 7.90. The number of para-hydroxylation sites is 1. The molecule has 0 radical (unpaired) electrons. The van der Waals surface area contributed by atoms with Crippen LogP contribution in [0.1, 0.15) is 17.0 Å². The zero-order valence-electron chi connectivity index (χ0n) is 17.0.